The van der Waals surface area contributed by atoms with Gasteiger partial charge in [0.2, 0.25) is 41.7 Å². The van der Waals surface area contributed by atoms with Gasteiger partial charge in [0, 0.05) is 18.9 Å². The van der Waals surface area contributed by atoms with Gasteiger partial charge in [-0.1, -0.05) is 91.9 Å². The third-order valence-electron chi connectivity index (χ3n) is 18.8. The first-order chi connectivity index (χ1) is 50.3. The maximum Gasteiger partial charge on any atom is 0.246 e. The van der Waals surface area contributed by atoms with Gasteiger partial charge in [0.1, 0.15) is 128 Å². The lowest BCUT2D eigenvalue weighted by atomic mass is 9.92. The zero-order valence-electron chi connectivity index (χ0n) is 56.3. The van der Waals surface area contributed by atoms with E-state index < -0.39 is 233 Å². The number of aliphatic imine (C=N–C) groups is 2. The number of rotatable bonds is 22. The van der Waals surface area contributed by atoms with E-state index in [1.807, 2.05) is 30.3 Å². The number of guanidine groups is 2. The van der Waals surface area contributed by atoms with Crippen LogP contribution in [0.25, 0.3) is 0 Å². The van der Waals surface area contributed by atoms with Crippen LogP contribution >= 0.6 is 0 Å². The molecule has 38 nitrogen and oxygen atoms in total. The number of ether oxygens (including phenoxy) is 7. The number of nitrogens with one attached hydrogen (secondary N) is 7. The van der Waals surface area contributed by atoms with Gasteiger partial charge in [0.25, 0.3) is 0 Å². The van der Waals surface area contributed by atoms with Crippen LogP contribution in [0.4, 0.5) is 0 Å². The highest BCUT2D eigenvalue weighted by Gasteiger charge is 2.54. The summed E-state index contributed by atoms with van der Waals surface area (Å²) in [4.78, 5) is 96.6. The number of hydrogen-bond acceptors (Lipinski definition) is 32. The molecule has 24 N–H and O–H groups in total. The number of carbonyl (C=O) groups is 6. The zero-order valence-corrected chi connectivity index (χ0v) is 56.3. The van der Waals surface area contributed by atoms with Crippen LogP contribution in [-0.4, -0.2) is 305 Å². The predicted octanol–water partition coefficient (Wildman–Crippen LogP) is -9.85. The minimum absolute atomic E-state index is 0.0686. The van der Waals surface area contributed by atoms with Crippen molar-refractivity contribution in [2.24, 2.45) is 21.5 Å². The van der Waals surface area contributed by atoms with Crippen LogP contribution in [0.5, 0.6) is 11.5 Å². The van der Waals surface area contributed by atoms with Crippen molar-refractivity contribution in [2.45, 2.75) is 179 Å². The number of aliphatic hydroxyl groups is 13. The molecule has 38 heteroatoms. The van der Waals surface area contributed by atoms with Gasteiger partial charge in [0.05, 0.1) is 51.6 Å². The summed E-state index contributed by atoms with van der Waals surface area (Å²) in [5, 5.41) is 161. The average Bonchev–Trinajstić information content (AvgIpc) is 1.69. The summed E-state index contributed by atoms with van der Waals surface area (Å²) in [7, 11) is 0. The second kappa shape index (κ2) is 35.5. The van der Waals surface area contributed by atoms with E-state index in [0.717, 1.165) is 10.5 Å². The molecular weight excluding hydrogens is 1390 g/mol. The molecular formula is C67H88N12O26. The van der Waals surface area contributed by atoms with E-state index in [2.05, 4.69) is 47.2 Å². The van der Waals surface area contributed by atoms with Crippen molar-refractivity contribution >= 4 is 47.4 Å². The number of nitrogens with two attached hydrogens (primary N) is 2. The summed E-state index contributed by atoms with van der Waals surface area (Å²) in [6.07, 6.45) is -32.1. The topological polar surface area (TPSA) is 594 Å². The van der Waals surface area contributed by atoms with Crippen molar-refractivity contribution < 1.29 is 128 Å². The van der Waals surface area contributed by atoms with E-state index in [1.165, 1.54) is 24.3 Å². The molecule has 6 aliphatic heterocycles. The second-order valence-corrected chi connectivity index (χ2v) is 25.9. The van der Waals surface area contributed by atoms with Gasteiger partial charge >= 0.3 is 0 Å². The summed E-state index contributed by atoms with van der Waals surface area (Å²) in [6, 6.07) is 17.0. The Morgan fingerprint density at radius 2 is 1.14 bits per heavy atom. The Labute approximate surface area is 598 Å². The van der Waals surface area contributed by atoms with Gasteiger partial charge in [0.15, 0.2) is 30.7 Å². The summed E-state index contributed by atoms with van der Waals surface area (Å²) in [5.41, 5.74) is 14.4. The van der Waals surface area contributed by atoms with E-state index in [4.69, 9.17) is 44.6 Å². The lowest BCUT2D eigenvalue weighted by Gasteiger charge is -2.46. The molecule has 10 rings (SSSR count). The Bertz CT molecular complexity index is 3650. The van der Waals surface area contributed by atoms with Crippen LogP contribution < -0.4 is 58.2 Å². The molecule has 6 amide bonds. The van der Waals surface area contributed by atoms with E-state index in [9.17, 15) is 85.6 Å². The molecule has 0 radical (unpaired) electrons. The van der Waals surface area contributed by atoms with Crippen LogP contribution in [0.15, 0.2) is 119 Å². The Morgan fingerprint density at radius 1 is 0.552 bits per heavy atom. The van der Waals surface area contributed by atoms with E-state index in [-0.39, 0.29) is 30.4 Å². The van der Waals surface area contributed by atoms with Crippen molar-refractivity contribution in [3.05, 3.63) is 131 Å². The Kier molecular flexibility index (Phi) is 26.6. The molecule has 6 heterocycles. The first-order valence-corrected chi connectivity index (χ1v) is 33.6. The maximum atomic E-state index is 15.2. The van der Waals surface area contributed by atoms with Crippen LogP contribution in [0, 0.1) is 0 Å². The molecule has 0 aromatic heterocycles. The summed E-state index contributed by atoms with van der Waals surface area (Å²) in [6.45, 7) is -2.89. The monoisotopic (exact) mass is 1480 g/mol. The van der Waals surface area contributed by atoms with E-state index >= 15 is 9.59 Å². The summed E-state index contributed by atoms with van der Waals surface area (Å²) in [5.74, 6) is -8.55. The molecule has 4 aromatic rings. The lowest BCUT2D eigenvalue weighted by molar-refractivity contribution is -0.357. The van der Waals surface area contributed by atoms with Gasteiger partial charge in [-0.05, 0) is 46.5 Å². The fourth-order valence-corrected chi connectivity index (χ4v) is 12.7. The predicted molar refractivity (Wildman–Crippen MR) is 358 cm³/mol. The van der Waals surface area contributed by atoms with Gasteiger partial charge in [-0.3, -0.25) is 33.8 Å². The normalized spacial score (nSPS) is 34.0. The van der Waals surface area contributed by atoms with Gasteiger partial charge in [-0.15, -0.1) is 0 Å². The van der Waals surface area contributed by atoms with Gasteiger partial charge in [-0.25, -0.2) is 4.99 Å². The number of hydrogen-bond donors (Lipinski definition) is 22. The minimum atomic E-state index is -2.37. The summed E-state index contributed by atoms with van der Waals surface area (Å²) >= 11 is 0. The molecule has 0 bridgehead atoms. The van der Waals surface area contributed by atoms with Crippen molar-refractivity contribution in [1.29, 1.82) is 0 Å². The number of amides is 6. The highest BCUT2D eigenvalue weighted by molar-refractivity contribution is 5.98. The Morgan fingerprint density at radius 3 is 1.80 bits per heavy atom. The number of benzene rings is 4. The molecule has 25 atom stereocenters. The second-order valence-electron chi connectivity index (χ2n) is 25.9. The Hall–Kier alpha value is -8.88. The highest BCUT2D eigenvalue weighted by atomic mass is 16.7. The fraction of sp³-hybridized carbons (Fsp3) is 0.522. The smallest absolute Gasteiger partial charge is 0.246 e. The minimum Gasteiger partial charge on any atom is -0.489 e. The third-order valence-corrected chi connectivity index (χ3v) is 18.8. The lowest BCUT2D eigenvalue weighted by Crippen LogP contribution is -2.70. The van der Waals surface area contributed by atoms with Gasteiger partial charge in [-0.2, -0.15) is 0 Å². The van der Waals surface area contributed by atoms with Crippen LogP contribution in [-0.2, 0) is 72.1 Å². The summed E-state index contributed by atoms with van der Waals surface area (Å²) < 4.78 is 41.2. The van der Waals surface area contributed by atoms with Crippen molar-refractivity contribution in [3.63, 3.8) is 0 Å². The molecule has 4 saturated heterocycles. The molecule has 0 spiro atoms. The standard InChI is InChI=1S/C67H88N12O26/c1-29(33-10-6-3-7-11-33)43-59(95)73-36(20-30-12-18-35(19-13-30)101-64-54(92)51(89)55(41(26-82)103-64)104-65-56(50(88)48(86)40(25-81)102-65)100-28-32-14-16-34(17-15-32)99-27-31-8-4-2-5-9-31)58(94)77-44(46(84)37-21-71-66(68)75-37)61(97)78-45(60(96)74-38(24-80)57(93)70-23-42(83)76-43)47(85)39-22-72-67(69)79(39)62-52(90)49(87)53(91)63(98)105-62/h2-19,29,36-41,43-56,62-65,80-82,84-92,98H,20-28H2,1H3,(H2,69,72)(H,70,93)(H,73,95)(H,74,96)(H,76,83)(H,77,94)(H,78,97)(H3,68,71,75)/t29-,36+,37-,38-,39-,40+,41+,43-,44-,45+,46-,47-,48+,49+,50-,51+,52-,53-,54-,55+,56-,62-,63-,64-,65+/m0/s1. The van der Waals surface area contributed by atoms with Crippen molar-refractivity contribution in [3.8, 4) is 11.5 Å². The molecule has 0 aliphatic carbocycles. The number of nitrogens with zero attached hydrogens (tertiary/aromatic N) is 3. The number of carbonyl (C=O) groups excluding carboxylic acids is 6. The molecule has 0 saturated carbocycles. The molecule has 4 fully saturated rings. The average molecular weight is 1480 g/mol. The van der Waals surface area contributed by atoms with E-state index in [1.54, 1.807) is 61.5 Å². The molecule has 0 unspecified atom stereocenters. The molecule has 4 aromatic carbocycles. The first-order valence-electron chi connectivity index (χ1n) is 33.6. The largest absolute Gasteiger partial charge is 0.489 e. The van der Waals surface area contributed by atoms with Crippen LogP contribution in [0.3, 0.4) is 0 Å². The SMILES string of the molecule is C[C@@H](c1ccccc1)[C@@H]1NC(=O)CNC(=O)[C@H](CO)NC(=O)[C@@H]([C@@H](O)[C@@H]2CN=C(N)N2[C@H]2O[C@H](O)[C@@H](O)[C@H](O)[C@@H]2O)NC(=O)[C@H]([C@@H](O)[C@@H]2CNC(N)=N2)NC(=O)[C@@H](Cc2ccc(O[C@H]3O[C@H](CO)[C@@H](O[C@H]4O[C@H](CO)[C@@H](O)[C@H](O)[C@@H]4OCc4ccc(OCc5ccccc5)cc4)[C@H](O)[C@@H]3O)cc2)NC1=O. The third kappa shape index (κ3) is 18.7. The highest BCUT2D eigenvalue weighted by Crippen LogP contribution is 2.34. The van der Waals surface area contributed by atoms with Crippen molar-refractivity contribution in [2.75, 3.05) is 39.5 Å². The van der Waals surface area contributed by atoms with Crippen molar-refractivity contribution in [1.82, 2.24) is 42.1 Å². The molecule has 105 heavy (non-hydrogen) atoms. The first kappa shape index (κ1) is 78.7. The Balaban J connectivity index is 0.897. The fourth-order valence-electron chi connectivity index (χ4n) is 12.7. The molecule has 6 aliphatic rings. The van der Waals surface area contributed by atoms with Crippen LogP contribution in [0.2, 0.25) is 0 Å². The zero-order chi connectivity index (χ0) is 75.5. The number of aliphatic hydroxyl groups excluding tert-OH is 13. The van der Waals surface area contributed by atoms with Crippen LogP contribution in [0.1, 0.15) is 35.1 Å². The maximum absolute atomic E-state index is 15.2. The van der Waals surface area contributed by atoms with E-state index in [0.29, 0.717) is 23.5 Å². The molecule has 572 valence electrons. The van der Waals surface area contributed by atoms with Gasteiger partial charge < -0.3 is 153 Å². The quantitative estimate of drug-likeness (QED) is 0.0347.